The molecule has 0 saturated carbocycles. The van der Waals surface area contributed by atoms with Crippen LogP contribution >= 0.6 is 11.3 Å². The number of benzene rings is 2. The highest BCUT2D eigenvalue weighted by molar-refractivity contribution is 7.89. The average molecular weight is 506 g/mol. The van der Waals surface area contributed by atoms with E-state index in [1.165, 1.54) is 28.1 Å². The van der Waals surface area contributed by atoms with Crippen molar-refractivity contribution < 1.29 is 27.1 Å². The van der Waals surface area contributed by atoms with Crippen LogP contribution in [0.1, 0.15) is 18.4 Å². The lowest BCUT2D eigenvalue weighted by Crippen LogP contribution is -2.42. The molecule has 0 bridgehead atoms. The summed E-state index contributed by atoms with van der Waals surface area (Å²) in [5.41, 5.74) is 1.11. The number of aromatic nitrogens is 1. The minimum absolute atomic E-state index is 0.00873. The second-order valence-electron chi connectivity index (χ2n) is 8.10. The van der Waals surface area contributed by atoms with Gasteiger partial charge in [0.1, 0.15) is 12.4 Å². The average Bonchev–Trinajstić information content (AvgIpc) is 3.17. The number of fused-ring (bicyclic) bond motifs is 1. The molecule has 0 N–H and O–H groups in total. The fourth-order valence-corrected chi connectivity index (χ4v) is 6.49. The summed E-state index contributed by atoms with van der Waals surface area (Å²) >= 11 is 1.08. The van der Waals surface area contributed by atoms with Crippen LogP contribution in [0.25, 0.3) is 10.2 Å². The second-order valence-corrected chi connectivity index (χ2v) is 11.0. The van der Waals surface area contributed by atoms with Crippen LogP contribution in [0.4, 0.5) is 4.39 Å². The van der Waals surface area contributed by atoms with Gasteiger partial charge in [0, 0.05) is 13.1 Å². The van der Waals surface area contributed by atoms with Gasteiger partial charge in [-0.3, -0.25) is 9.59 Å². The number of esters is 1. The Balaban J connectivity index is 1.65. The number of hydrogen-bond acceptors (Lipinski definition) is 6. The number of methoxy groups -OCH3 is 1. The number of rotatable bonds is 5. The molecular weight excluding hydrogens is 481 g/mol. The number of aryl methyl sites for hydroxylation is 1. The van der Waals surface area contributed by atoms with Crippen LogP contribution in [-0.4, -0.2) is 49.4 Å². The van der Waals surface area contributed by atoms with Crippen LogP contribution in [-0.2, 0) is 30.9 Å². The summed E-state index contributed by atoms with van der Waals surface area (Å²) in [6.07, 6.45) is 0.999. The largest absolute Gasteiger partial charge is 0.468 e. The molecule has 1 aromatic heterocycles. The summed E-state index contributed by atoms with van der Waals surface area (Å²) in [5, 5.41) is 0. The standard InChI is InChI=1S/C23H24FN3O5S2/c1-15-8-10-17(11-9-15)34(30,31)26-12-4-5-16(13-26)22(29)25-23-27(14-20(28)32-2)21-18(24)6-3-7-19(21)33-23/h3,6-11,16H,4-5,12-14H2,1-2H3. The lowest BCUT2D eigenvalue weighted by molar-refractivity contribution is -0.141. The Kier molecular flexibility index (Phi) is 6.96. The fraction of sp³-hybridized carbons (Fsp3) is 0.348. The fourth-order valence-electron chi connectivity index (χ4n) is 3.92. The highest BCUT2D eigenvalue weighted by Gasteiger charge is 2.33. The van der Waals surface area contributed by atoms with Crippen molar-refractivity contribution in [2.24, 2.45) is 10.9 Å². The van der Waals surface area contributed by atoms with Gasteiger partial charge in [-0.25, -0.2) is 12.8 Å². The number of carbonyl (C=O) groups is 2. The number of nitrogens with zero attached hydrogens (tertiary/aromatic N) is 3. The molecule has 2 heterocycles. The summed E-state index contributed by atoms with van der Waals surface area (Å²) in [7, 11) is -2.52. The van der Waals surface area contributed by atoms with Gasteiger partial charge in [0.25, 0.3) is 5.91 Å². The molecule has 34 heavy (non-hydrogen) atoms. The molecule has 1 amide bonds. The van der Waals surface area contributed by atoms with Crippen molar-refractivity contribution in [2.45, 2.75) is 31.2 Å². The van der Waals surface area contributed by atoms with Gasteiger partial charge in [0.05, 0.1) is 28.1 Å². The van der Waals surface area contributed by atoms with Gasteiger partial charge >= 0.3 is 5.97 Å². The molecule has 0 aliphatic carbocycles. The van der Waals surface area contributed by atoms with E-state index >= 15 is 0 Å². The molecule has 1 fully saturated rings. The first kappa shape index (κ1) is 24.2. The third-order valence-electron chi connectivity index (χ3n) is 5.76. The topological polar surface area (TPSA) is 98.0 Å². The molecule has 0 radical (unpaired) electrons. The van der Waals surface area contributed by atoms with E-state index in [9.17, 15) is 22.4 Å². The summed E-state index contributed by atoms with van der Waals surface area (Å²) in [4.78, 5) is 29.5. The van der Waals surface area contributed by atoms with Crippen molar-refractivity contribution in [3.05, 3.63) is 58.6 Å². The van der Waals surface area contributed by atoms with Crippen LogP contribution in [0, 0.1) is 18.7 Å². The van der Waals surface area contributed by atoms with Crippen molar-refractivity contribution in [1.29, 1.82) is 0 Å². The van der Waals surface area contributed by atoms with E-state index in [4.69, 9.17) is 4.74 Å². The molecular formula is C23H24FN3O5S2. The van der Waals surface area contributed by atoms with Gasteiger partial charge in [-0.2, -0.15) is 9.30 Å². The molecule has 1 aliphatic heterocycles. The SMILES string of the molecule is COC(=O)Cn1c(=NC(=O)C2CCCN(S(=O)(=O)c3ccc(C)cc3)C2)sc2cccc(F)c21. The van der Waals surface area contributed by atoms with Crippen LogP contribution < -0.4 is 4.80 Å². The van der Waals surface area contributed by atoms with Crippen LogP contribution in [0.3, 0.4) is 0 Å². The maximum Gasteiger partial charge on any atom is 0.325 e. The predicted octanol–water partition coefficient (Wildman–Crippen LogP) is 2.85. The molecule has 1 aliphatic rings. The zero-order chi connectivity index (χ0) is 24.5. The molecule has 11 heteroatoms. The van der Waals surface area contributed by atoms with Crippen molar-refractivity contribution >= 4 is 43.5 Å². The van der Waals surface area contributed by atoms with E-state index in [1.54, 1.807) is 30.3 Å². The number of carbonyl (C=O) groups excluding carboxylic acids is 2. The van der Waals surface area contributed by atoms with Crippen LogP contribution in [0.5, 0.6) is 0 Å². The number of amides is 1. The van der Waals surface area contributed by atoms with E-state index < -0.39 is 33.6 Å². The van der Waals surface area contributed by atoms with Gasteiger partial charge in [0.15, 0.2) is 4.80 Å². The lowest BCUT2D eigenvalue weighted by atomic mass is 9.99. The first-order chi connectivity index (χ1) is 16.2. The molecule has 0 spiro atoms. The maximum atomic E-state index is 14.5. The molecule has 1 saturated heterocycles. The third kappa shape index (κ3) is 4.82. The minimum Gasteiger partial charge on any atom is -0.468 e. The second kappa shape index (κ2) is 9.77. The maximum absolute atomic E-state index is 14.5. The zero-order valence-electron chi connectivity index (χ0n) is 18.7. The summed E-state index contributed by atoms with van der Waals surface area (Å²) in [6, 6.07) is 11.1. The molecule has 3 aromatic rings. The lowest BCUT2D eigenvalue weighted by Gasteiger charge is -2.30. The van der Waals surface area contributed by atoms with Gasteiger partial charge in [-0.1, -0.05) is 35.1 Å². The van der Waals surface area contributed by atoms with E-state index in [1.807, 2.05) is 6.92 Å². The van der Waals surface area contributed by atoms with Gasteiger partial charge in [0.2, 0.25) is 10.0 Å². The Bertz CT molecular complexity index is 1410. The number of ether oxygens (including phenoxy) is 1. The molecule has 2 aromatic carbocycles. The van der Waals surface area contributed by atoms with Crippen LogP contribution in [0.2, 0.25) is 0 Å². The van der Waals surface area contributed by atoms with E-state index in [2.05, 4.69) is 4.99 Å². The molecule has 4 rings (SSSR count). The zero-order valence-corrected chi connectivity index (χ0v) is 20.4. The molecule has 8 nitrogen and oxygen atoms in total. The normalized spacial score (nSPS) is 17.7. The number of piperidine rings is 1. The van der Waals surface area contributed by atoms with Crippen molar-refractivity contribution in [3.8, 4) is 0 Å². The third-order valence-corrected chi connectivity index (χ3v) is 8.69. The molecule has 1 atom stereocenters. The highest BCUT2D eigenvalue weighted by atomic mass is 32.2. The Morgan fingerprint density at radius 2 is 1.94 bits per heavy atom. The number of para-hydroxylation sites is 1. The number of sulfonamides is 1. The summed E-state index contributed by atoms with van der Waals surface area (Å²) in [6.45, 7) is 1.90. The number of halogens is 1. The Hall–Kier alpha value is -2.89. The minimum atomic E-state index is -3.75. The van der Waals surface area contributed by atoms with Gasteiger partial charge in [-0.05, 0) is 44.0 Å². The Morgan fingerprint density at radius 1 is 1.21 bits per heavy atom. The predicted molar refractivity (Wildman–Crippen MR) is 125 cm³/mol. The van der Waals surface area contributed by atoms with Crippen molar-refractivity contribution in [1.82, 2.24) is 8.87 Å². The van der Waals surface area contributed by atoms with Crippen molar-refractivity contribution in [3.63, 3.8) is 0 Å². The summed E-state index contributed by atoms with van der Waals surface area (Å²) < 4.78 is 48.5. The van der Waals surface area contributed by atoms with Gasteiger partial charge in [-0.15, -0.1) is 0 Å². The number of hydrogen-bond donors (Lipinski definition) is 0. The smallest absolute Gasteiger partial charge is 0.325 e. The molecule has 180 valence electrons. The quantitative estimate of drug-likeness (QED) is 0.497. The van der Waals surface area contributed by atoms with E-state index in [0.29, 0.717) is 24.1 Å². The van der Waals surface area contributed by atoms with Crippen LogP contribution in [0.15, 0.2) is 52.4 Å². The molecule has 1 unspecified atom stereocenters. The Morgan fingerprint density at radius 3 is 2.65 bits per heavy atom. The monoisotopic (exact) mass is 505 g/mol. The Labute approximate surface area is 200 Å². The first-order valence-electron chi connectivity index (χ1n) is 10.7. The first-order valence-corrected chi connectivity index (χ1v) is 13.0. The highest BCUT2D eigenvalue weighted by Crippen LogP contribution is 2.25. The van der Waals surface area contributed by atoms with Crippen molar-refractivity contribution in [2.75, 3.05) is 20.2 Å². The number of thiazole rings is 1. The summed E-state index contributed by atoms with van der Waals surface area (Å²) in [5.74, 6) is -2.30. The van der Waals surface area contributed by atoms with Gasteiger partial charge < -0.3 is 9.30 Å². The van der Waals surface area contributed by atoms with E-state index in [0.717, 1.165) is 16.9 Å². The van der Waals surface area contributed by atoms with E-state index in [-0.39, 0.29) is 28.3 Å².